The number of nitrogens with one attached hydrogen (secondary N) is 1. The van der Waals surface area contributed by atoms with Crippen molar-refractivity contribution in [2.75, 3.05) is 19.7 Å². The third kappa shape index (κ3) is 3.02. The van der Waals surface area contributed by atoms with Crippen molar-refractivity contribution in [2.45, 2.75) is 51.2 Å². The molecular formula is C13H22N2O3. The Balaban J connectivity index is 1.84. The van der Waals surface area contributed by atoms with Gasteiger partial charge in [0.2, 0.25) is 11.8 Å². The Labute approximate surface area is 108 Å². The molecule has 5 heteroatoms. The lowest BCUT2D eigenvalue weighted by Gasteiger charge is -2.34. The summed E-state index contributed by atoms with van der Waals surface area (Å²) in [5, 5.41) is 2.81. The molecule has 2 fully saturated rings. The first-order chi connectivity index (χ1) is 8.72. The molecule has 2 aliphatic rings. The summed E-state index contributed by atoms with van der Waals surface area (Å²) in [6.07, 6.45) is 4.36. The topological polar surface area (TPSA) is 58.6 Å². The number of amides is 2. The maximum Gasteiger partial charge on any atom is 0.242 e. The molecule has 2 rings (SSSR count). The van der Waals surface area contributed by atoms with Crippen molar-refractivity contribution < 1.29 is 14.3 Å². The fourth-order valence-corrected chi connectivity index (χ4v) is 2.72. The number of rotatable bonds is 4. The van der Waals surface area contributed by atoms with Crippen LogP contribution < -0.4 is 5.32 Å². The molecule has 0 aromatic heterocycles. The number of carbonyl (C=O) groups is 2. The van der Waals surface area contributed by atoms with Gasteiger partial charge in [-0.1, -0.05) is 6.92 Å². The van der Waals surface area contributed by atoms with Gasteiger partial charge in [-0.15, -0.1) is 0 Å². The molecule has 1 N–H and O–H groups in total. The monoisotopic (exact) mass is 254 g/mol. The fourth-order valence-electron chi connectivity index (χ4n) is 2.72. The largest absolute Gasteiger partial charge is 0.378 e. The molecule has 18 heavy (non-hydrogen) atoms. The average molecular weight is 254 g/mol. The second kappa shape index (κ2) is 6.18. The van der Waals surface area contributed by atoms with Gasteiger partial charge in [0, 0.05) is 26.1 Å². The number of nitrogens with zero attached hydrogens (tertiary/aromatic N) is 1. The van der Waals surface area contributed by atoms with E-state index in [9.17, 15) is 9.59 Å². The number of carbonyl (C=O) groups excluding carboxylic acids is 2. The molecule has 102 valence electrons. The molecular weight excluding hydrogens is 232 g/mol. The van der Waals surface area contributed by atoms with E-state index in [0.717, 1.165) is 25.9 Å². The van der Waals surface area contributed by atoms with Crippen molar-refractivity contribution in [2.24, 2.45) is 0 Å². The minimum absolute atomic E-state index is 0.0192. The molecule has 0 spiro atoms. The minimum Gasteiger partial charge on any atom is -0.378 e. The first kappa shape index (κ1) is 13.3. The van der Waals surface area contributed by atoms with Gasteiger partial charge in [-0.2, -0.15) is 0 Å². The van der Waals surface area contributed by atoms with Crippen LogP contribution >= 0.6 is 0 Å². The Bertz CT molecular complexity index is 313. The van der Waals surface area contributed by atoms with Crippen molar-refractivity contribution in [1.29, 1.82) is 0 Å². The summed E-state index contributed by atoms with van der Waals surface area (Å²) in [6, 6.07) is -0.282. The van der Waals surface area contributed by atoms with E-state index in [-0.39, 0.29) is 24.0 Å². The van der Waals surface area contributed by atoms with E-state index in [1.165, 1.54) is 0 Å². The van der Waals surface area contributed by atoms with Gasteiger partial charge in [-0.05, 0) is 25.7 Å². The van der Waals surface area contributed by atoms with Crippen LogP contribution in [0.15, 0.2) is 0 Å². The lowest BCUT2D eigenvalue weighted by atomic mass is 10.1. The summed E-state index contributed by atoms with van der Waals surface area (Å²) in [7, 11) is 0. The number of piperazine rings is 1. The highest BCUT2D eigenvalue weighted by atomic mass is 16.5. The first-order valence-corrected chi connectivity index (χ1v) is 6.91. The third-order valence-corrected chi connectivity index (χ3v) is 3.74. The molecule has 2 atom stereocenters. The van der Waals surface area contributed by atoms with Crippen LogP contribution in [0.25, 0.3) is 0 Å². The fraction of sp³-hybridized carbons (Fsp3) is 0.846. The van der Waals surface area contributed by atoms with Crippen LogP contribution in [0.3, 0.4) is 0 Å². The molecule has 0 aromatic carbocycles. The smallest absolute Gasteiger partial charge is 0.242 e. The Morgan fingerprint density at radius 2 is 2.39 bits per heavy atom. The van der Waals surface area contributed by atoms with E-state index in [1.807, 2.05) is 6.92 Å². The highest BCUT2D eigenvalue weighted by Crippen LogP contribution is 2.18. The van der Waals surface area contributed by atoms with Gasteiger partial charge < -0.3 is 15.0 Å². The van der Waals surface area contributed by atoms with Gasteiger partial charge in [-0.3, -0.25) is 9.59 Å². The summed E-state index contributed by atoms with van der Waals surface area (Å²) in [4.78, 5) is 25.6. The predicted molar refractivity (Wildman–Crippen MR) is 67.0 cm³/mol. The molecule has 2 heterocycles. The zero-order chi connectivity index (χ0) is 13.0. The van der Waals surface area contributed by atoms with Crippen molar-refractivity contribution >= 4 is 11.8 Å². The van der Waals surface area contributed by atoms with Gasteiger partial charge in [0.15, 0.2) is 0 Å². The summed E-state index contributed by atoms with van der Waals surface area (Å²) >= 11 is 0. The highest BCUT2D eigenvalue weighted by molar-refractivity contribution is 5.88. The van der Waals surface area contributed by atoms with Crippen molar-refractivity contribution in [3.05, 3.63) is 0 Å². The summed E-state index contributed by atoms with van der Waals surface area (Å²) in [6.45, 7) is 3.97. The Morgan fingerprint density at radius 1 is 1.56 bits per heavy atom. The van der Waals surface area contributed by atoms with Gasteiger partial charge in [-0.25, -0.2) is 0 Å². The lowest BCUT2D eigenvalue weighted by Crippen LogP contribution is -2.56. The molecule has 0 bridgehead atoms. The van der Waals surface area contributed by atoms with E-state index >= 15 is 0 Å². The molecule has 2 unspecified atom stereocenters. The van der Waals surface area contributed by atoms with Gasteiger partial charge >= 0.3 is 0 Å². The van der Waals surface area contributed by atoms with E-state index in [1.54, 1.807) is 4.90 Å². The van der Waals surface area contributed by atoms with Crippen LogP contribution in [0, 0.1) is 0 Å². The quantitative estimate of drug-likeness (QED) is 0.802. The molecule has 0 aliphatic carbocycles. The van der Waals surface area contributed by atoms with Gasteiger partial charge in [0.05, 0.1) is 6.10 Å². The first-order valence-electron chi connectivity index (χ1n) is 6.91. The molecule has 0 radical (unpaired) electrons. The summed E-state index contributed by atoms with van der Waals surface area (Å²) < 4.78 is 5.51. The maximum absolute atomic E-state index is 12.2. The zero-order valence-electron chi connectivity index (χ0n) is 11.0. The molecule has 0 aromatic rings. The SMILES string of the molecule is CCC1C(=O)NCCN1C(=O)CCC1CCCO1. The minimum atomic E-state index is -0.282. The molecule has 2 saturated heterocycles. The number of hydrogen-bond acceptors (Lipinski definition) is 3. The highest BCUT2D eigenvalue weighted by Gasteiger charge is 2.31. The lowest BCUT2D eigenvalue weighted by molar-refractivity contribution is -0.143. The second-order valence-electron chi connectivity index (χ2n) is 4.98. The van der Waals surface area contributed by atoms with Crippen LogP contribution in [-0.2, 0) is 14.3 Å². The van der Waals surface area contributed by atoms with Crippen LogP contribution in [0.1, 0.15) is 39.0 Å². The summed E-state index contributed by atoms with van der Waals surface area (Å²) in [5.74, 6) is 0.0708. The van der Waals surface area contributed by atoms with Crippen LogP contribution in [0.5, 0.6) is 0 Å². The standard InChI is InChI=1S/C13H22N2O3/c1-2-11-13(17)14-7-8-15(11)12(16)6-5-10-4-3-9-18-10/h10-11H,2-9H2,1H3,(H,14,17). The number of hydrogen-bond donors (Lipinski definition) is 1. The molecule has 2 amide bonds. The van der Waals surface area contributed by atoms with E-state index in [4.69, 9.17) is 4.74 Å². The molecule has 5 nitrogen and oxygen atoms in total. The van der Waals surface area contributed by atoms with E-state index < -0.39 is 0 Å². The van der Waals surface area contributed by atoms with Crippen LogP contribution in [0.4, 0.5) is 0 Å². The van der Waals surface area contributed by atoms with E-state index in [0.29, 0.717) is 25.9 Å². The second-order valence-corrected chi connectivity index (χ2v) is 4.98. The van der Waals surface area contributed by atoms with E-state index in [2.05, 4.69) is 5.32 Å². The van der Waals surface area contributed by atoms with Crippen molar-refractivity contribution in [1.82, 2.24) is 10.2 Å². The maximum atomic E-state index is 12.2. The Morgan fingerprint density at radius 3 is 3.06 bits per heavy atom. The van der Waals surface area contributed by atoms with Crippen molar-refractivity contribution in [3.63, 3.8) is 0 Å². The third-order valence-electron chi connectivity index (χ3n) is 3.74. The normalized spacial score (nSPS) is 28.3. The van der Waals surface area contributed by atoms with Gasteiger partial charge in [0.1, 0.15) is 6.04 Å². The summed E-state index contributed by atoms with van der Waals surface area (Å²) in [5.41, 5.74) is 0. The van der Waals surface area contributed by atoms with Crippen molar-refractivity contribution in [3.8, 4) is 0 Å². The molecule has 2 aliphatic heterocycles. The van der Waals surface area contributed by atoms with Crippen LogP contribution in [-0.4, -0.2) is 48.6 Å². The number of ether oxygens (including phenoxy) is 1. The zero-order valence-corrected chi connectivity index (χ0v) is 11.0. The predicted octanol–water partition coefficient (Wildman–Crippen LogP) is 0.683. The molecule has 0 saturated carbocycles. The Kier molecular flexibility index (Phi) is 4.58. The van der Waals surface area contributed by atoms with Gasteiger partial charge in [0.25, 0.3) is 0 Å². The average Bonchev–Trinajstić information content (AvgIpc) is 2.88. The van der Waals surface area contributed by atoms with Crippen LogP contribution in [0.2, 0.25) is 0 Å². The Hall–Kier alpha value is -1.10.